The Labute approximate surface area is 114 Å². The molecule has 1 aromatic carbocycles. The molecule has 1 aliphatic carbocycles. The Bertz CT molecular complexity index is 476. The number of rotatable bonds is 2. The molecule has 3 atom stereocenters. The fourth-order valence-corrected chi connectivity index (χ4v) is 3.95. The van der Waals surface area contributed by atoms with Gasteiger partial charge in [0.15, 0.2) is 0 Å². The minimum absolute atomic E-state index is 0.0801. The van der Waals surface area contributed by atoms with Gasteiger partial charge in [-0.15, -0.1) is 0 Å². The first-order chi connectivity index (χ1) is 9.18. The van der Waals surface area contributed by atoms with Gasteiger partial charge in [-0.05, 0) is 44.7 Å². The summed E-state index contributed by atoms with van der Waals surface area (Å²) in [6.07, 6.45) is 5.69. The molecule has 1 saturated carbocycles. The number of hydrogen-bond donors (Lipinski definition) is 1. The molecule has 0 amide bonds. The van der Waals surface area contributed by atoms with E-state index in [0.717, 1.165) is 30.6 Å². The molecule has 0 bridgehead atoms. The van der Waals surface area contributed by atoms with Gasteiger partial charge in [0.25, 0.3) is 0 Å². The van der Waals surface area contributed by atoms with Crippen LogP contribution in [0.4, 0.5) is 4.39 Å². The lowest BCUT2D eigenvalue weighted by atomic mass is 9.79. The van der Waals surface area contributed by atoms with E-state index >= 15 is 0 Å². The second-order valence-corrected chi connectivity index (χ2v) is 5.89. The van der Waals surface area contributed by atoms with Crippen molar-refractivity contribution in [1.82, 2.24) is 5.32 Å². The Hall–Kier alpha value is -1.09. The fourth-order valence-electron chi connectivity index (χ4n) is 3.95. The standard InChI is InChI=1S/C16H22FNO/c1-3-11-5-4-8-16(11)10-14(18-2)13-7-6-12(17)9-15(13)19-16/h6-7,9,11,14,18H,3-5,8,10H2,1-2H3. The average Bonchev–Trinajstić information content (AvgIpc) is 2.79. The van der Waals surface area contributed by atoms with E-state index < -0.39 is 0 Å². The third kappa shape index (κ3) is 2.04. The Balaban J connectivity index is 2.01. The molecular weight excluding hydrogens is 241 g/mol. The van der Waals surface area contributed by atoms with Crippen LogP contribution < -0.4 is 10.1 Å². The fraction of sp³-hybridized carbons (Fsp3) is 0.625. The molecule has 1 fully saturated rings. The number of nitrogens with one attached hydrogen (secondary N) is 1. The first-order valence-corrected chi connectivity index (χ1v) is 7.34. The van der Waals surface area contributed by atoms with Crippen LogP contribution in [0.2, 0.25) is 0 Å². The van der Waals surface area contributed by atoms with Gasteiger partial charge in [-0.25, -0.2) is 4.39 Å². The Morgan fingerprint density at radius 2 is 2.32 bits per heavy atom. The Kier molecular flexibility index (Phi) is 3.25. The molecule has 19 heavy (non-hydrogen) atoms. The van der Waals surface area contributed by atoms with E-state index in [-0.39, 0.29) is 17.5 Å². The topological polar surface area (TPSA) is 21.3 Å². The smallest absolute Gasteiger partial charge is 0.127 e. The molecule has 0 aromatic heterocycles. The van der Waals surface area contributed by atoms with Gasteiger partial charge in [0, 0.05) is 24.1 Å². The van der Waals surface area contributed by atoms with Gasteiger partial charge in [0.1, 0.15) is 17.2 Å². The van der Waals surface area contributed by atoms with E-state index in [1.165, 1.54) is 18.9 Å². The van der Waals surface area contributed by atoms with Crippen molar-refractivity contribution in [3.63, 3.8) is 0 Å². The number of benzene rings is 1. The van der Waals surface area contributed by atoms with Crippen LogP contribution in [0.25, 0.3) is 0 Å². The molecule has 2 aliphatic rings. The molecule has 0 radical (unpaired) electrons. The van der Waals surface area contributed by atoms with Crippen LogP contribution >= 0.6 is 0 Å². The van der Waals surface area contributed by atoms with Gasteiger partial charge in [0.05, 0.1) is 0 Å². The van der Waals surface area contributed by atoms with Crippen LogP contribution in [-0.4, -0.2) is 12.6 Å². The minimum atomic E-state index is -0.211. The van der Waals surface area contributed by atoms with Crippen LogP contribution in [0.3, 0.4) is 0 Å². The molecule has 1 aromatic rings. The minimum Gasteiger partial charge on any atom is -0.486 e. The van der Waals surface area contributed by atoms with Crippen LogP contribution in [-0.2, 0) is 0 Å². The Morgan fingerprint density at radius 1 is 1.47 bits per heavy atom. The number of ether oxygens (including phenoxy) is 1. The van der Waals surface area contributed by atoms with E-state index in [1.54, 1.807) is 6.07 Å². The zero-order valence-electron chi connectivity index (χ0n) is 11.7. The summed E-state index contributed by atoms with van der Waals surface area (Å²) in [5.41, 5.74) is 1.01. The van der Waals surface area contributed by atoms with Gasteiger partial charge in [-0.3, -0.25) is 0 Å². The van der Waals surface area contributed by atoms with Crippen LogP contribution in [0.1, 0.15) is 50.6 Å². The third-order valence-corrected chi connectivity index (χ3v) is 4.95. The number of halogens is 1. The highest BCUT2D eigenvalue weighted by Crippen LogP contribution is 2.50. The van der Waals surface area contributed by atoms with Crippen molar-refractivity contribution in [1.29, 1.82) is 0 Å². The lowest BCUT2D eigenvalue weighted by Gasteiger charge is -2.43. The molecule has 0 saturated heterocycles. The van der Waals surface area contributed by atoms with Crippen molar-refractivity contribution in [3.8, 4) is 5.75 Å². The maximum atomic E-state index is 13.5. The molecule has 3 rings (SSSR count). The molecule has 3 unspecified atom stereocenters. The number of hydrogen-bond acceptors (Lipinski definition) is 2. The van der Waals surface area contributed by atoms with E-state index in [9.17, 15) is 4.39 Å². The summed E-state index contributed by atoms with van der Waals surface area (Å²) in [6, 6.07) is 5.20. The molecule has 1 aliphatic heterocycles. The van der Waals surface area contributed by atoms with Crippen LogP contribution in [0.15, 0.2) is 18.2 Å². The normalized spacial score (nSPS) is 33.2. The second kappa shape index (κ2) is 4.78. The summed E-state index contributed by atoms with van der Waals surface area (Å²) < 4.78 is 19.8. The van der Waals surface area contributed by atoms with E-state index in [1.807, 2.05) is 13.1 Å². The molecule has 1 heterocycles. The molecule has 3 heteroatoms. The molecule has 104 valence electrons. The SMILES string of the molecule is CCC1CCCC12CC(NC)c1ccc(F)cc1O2. The summed E-state index contributed by atoms with van der Waals surface area (Å²) in [6.45, 7) is 2.23. The molecule has 2 nitrogen and oxygen atoms in total. The Morgan fingerprint density at radius 3 is 3.05 bits per heavy atom. The summed E-state index contributed by atoms with van der Waals surface area (Å²) >= 11 is 0. The zero-order chi connectivity index (χ0) is 13.5. The summed E-state index contributed by atoms with van der Waals surface area (Å²) in [5, 5.41) is 3.37. The van der Waals surface area contributed by atoms with E-state index in [0.29, 0.717) is 5.92 Å². The first kappa shape index (κ1) is 12.9. The lowest BCUT2D eigenvalue weighted by molar-refractivity contribution is -0.00496. The van der Waals surface area contributed by atoms with Gasteiger partial charge in [-0.1, -0.05) is 13.0 Å². The summed E-state index contributed by atoms with van der Waals surface area (Å²) in [7, 11) is 1.98. The van der Waals surface area contributed by atoms with E-state index in [4.69, 9.17) is 4.74 Å². The van der Waals surface area contributed by atoms with Crippen molar-refractivity contribution in [3.05, 3.63) is 29.6 Å². The average molecular weight is 263 g/mol. The number of fused-ring (bicyclic) bond motifs is 1. The maximum absolute atomic E-state index is 13.5. The van der Waals surface area contributed by atoms with Crippen molar-refractivity contribution >= 4 is 0 Å². The van der Waals surface area contributed by atoms with Gasteiger partial charge in [0.2, 0.25) is 0 Å². The van der Waals surface area contributed by atoms with Crippen LogP contribution in [0.5, 0.6) is 5.75 Å². The lowest BCUT2D eigenvalue weighted by Crippen LogP contribution is -2.46. The summed E-state index contributed by atoms with van der Waals surface area (Å²) in [5.74, 6) is 1.13. The maximum Gasteiger partial charge on any atom is 0.127 e. The summed E-state index contributed by atoms with van der Waals surface area (Å²) in [4.78, 5) is 0. The van der Waals surface area contributed by atoms with Crippen molar-refractivity contribution < 1.29 is 9.13 Å². The van der Waals surface area contributed by atoms with Gasteiger partial charge in [-0.2, -0.15) is 0 Å². The van der Waals surface area contributed by atoms with Crippen molar-refractivity contribution in [2.24, 2.45) is 5.92 Å². The van der Waals surface area contributed by atoms with Crippen molar-refractivity contribution in [2.75, 3.05) is 7.05 Å². The van der Waals surface area contributed by atoms with Gasteiger partial charge < -0.3 is 10.1 Å². The quantitative estimate of drug-likeness (QED) is 0.876. The second-order valence-electron chi connectivity index (χ2n) is 5.89. The zero-order valence-corrected chi connectivity index (χ0v) is 11.7. The van der Waals surface area contributed by atoms with Gasteiger partial charge >= 0.3 is 0 Å². The predicted octanol–water partition coefficient (Wildman–Crippen LogP) is 3.82. The van der Waals surface area contributed by atoms with Crippen LogP contribution in [0, 0.1) is 11.7 Å². The third-order valence-electron chi connectivity index (χ3n) is 4.95. The van der Waals surface area contributed by atoms with Crippen molar-refractivity contribution in [2.45, 2.75) is 50.7 Å². The molecule has 1 N–H and O–H groups in total. The largest absolute Gasteiger partial charge is 0.486 e. The monoisotopic (exact) mass is 263 g/mol. The highest BCUT2D eigenvalue weighted by atomic mass is 19.1. The first-order valence-electron chi connectivity index (χ1n) is 7.34. The van der Waals surface area contributed by atoms with E-state index in [2.05, 4.69) is 12.2 Å². The highest BCUT2D eigenvalue weighted by molar-refractivity contribution is 5.40. The highest BCUT2D eigenvalue weighted by Gasteiger charge is 2.48. The molecule has 1 spiro atoms. The predicted molar refractivity (Wildman–Crippen MR) is 73.8 cm³/mol. The molecular formula is C16H22FNO.